The number of rotatable bonds is 14. The molecule has 0 radical (unpaired) electrons. The van der Waals surface area contributed by atoms with E-state index < -0.39 is 30.1 Å². The second-order valence-electron chi connectivity index (χ2n) is 9.83. The van der Waals surface area contributed by atoms with Gasteiger partial charge in [0, 0.05) is 6.42 Å². The van der Waals surface area contributed by atoms with Gasteiger partial charge in [0.2, 0.25) is 11.8 Å². The molecule has 0 aliphatic carbocycles. The lowest BCUT2D eigenvalue weighted by atomic mass is 9.96. The minimum Gasteiger partial charge on any atom is -0.481 e. The van der Waals surface area contributed by atoms with Crippen molar-refractivity contribution in [1.29, 1.82) is 0 Å². The van der Waals surface area contributed by atoms with E-state index in [0.717, 1.165) is 11.1 Å². The third-order valence-electron chi connectivity index (χ3n) is 6.25. The SMILES string of the molecule is CC(C)[C@H](NC(=O)Cc1cccc(Oc2ccccc2)c1)C(=O)N[C@@H](Cc1ccccc1)[C@@H](O)CCC(=O)O. The molecule has 0 aromatic heterocycles. The number of aliphatic carboxylic acids is 1. The van der Waals surface area contributed by atoms with Crippen LogP contribution in [0.3, 0.4) is 0 Å². The van der Waals surface area contributed by atoms with Gasteiger partial charge in [0.15, 0.2) is 0 Å². The van der Waals surface area contributed by atoms with Gasteiger partial charge in [-0.2, -0.15) is 0 Å². The van der Waals surface area contributed by atoms with Crippen molar-refractivity contribution >= 4 is 17.8 Å². The van der Waals surface area contributed by atoms with E-state index in [-0.39, 0.29) is 31.1 Å². The van der Waals surface area contributed by atoms with Crippen molar-refractivity contribution in [3.05, 3.63) is 96.1 Å². The molecule has 0 aliphatic rings. The highest BCUT2D eigenvalue weighted by Gasteiger charge is 2.29. The third kappa shape index (κ3) is 9.90. The Morgan fingerprint density at radius 2 is 1.44 bits per heavy atom. The van der Waals surface area contributed by atoms with E-state index >= 15 is 0 Å². The molecule has 8 nitrogen and oxygen atoms in total. The zero-order valence-corrected chi connectivity index (χ0v) is 22.2. The summed E-state index contributed by atoms with van der Waals surface area (Å²) in [6.07, 6.45) is -0.925. The number of aliphatic hydroxyl groups excluding tert-OH is 1. The van der Waals surface area contributed by atoms with Crippen LogP contribution in [0.15, 0.2) is 84.9 Å². The van der Waals surface area contributed by atoms with Crippen molar-refractivity contribution in [3.63, 3.8) is 0 Å². The van der Waals surface area contributed by atoms with Gasteiger partial charge in [-0.25, -0.2) is 0 Å². The molecule has 0 unspecified atom stereocenters. The van der Waals surface area contributed by atoms with Gasteiger partial charge in [0.25, 0.3) is 0 Å². The number of carbonyl (C=O) groups is 3. The summed E-state index contributed by atoms with van der Waals surface area (Å²) < 4.78 is 5.85. The van der Waals surface area contributed by atoms with Crippen LogP contribution in [-0.2, 0) is 27.2 Å². The molecule has 8 heteroatoms. The van der Waals surface area contributed by atoms with Crippen molar-refractivity contribution < 1.29 is 29.3 Å². The number of para-hydroxylation sites is 1. The van der Waals surface area contributed by atoms with Gasteiger partial charge in [-0.3, -0.25) is 14.4 Å². The van der Waals surface area contributed by atoms with Crippen molar-refractivity contribution in [2.45, 2.75) is 57.7 Å². The van der Waals surface area contributed by atoms with Crippen LogP contribution in [0.5, 0.6) is 11.5 Å². The van der Waals surface area contributed by atoms with Gasteiger partial charge in [0.05, 0.1) is 18.6 Å². The van der Waals surface area contributed by atoms with Crippen LogP contribution < -0.4 is 15.4 Å². The second-order valence-corrected chi connectivity index (χ2v) is 9.83. The molecule has 0 fully saturated rings. The molecule has 2 amide bonds. The maximum Gasteiger partial charge on any atom is 0.303 e. The van der Waals surface area contributed by atoms with Crippen LogP contribution in [0.4, 0.5) is 0 Å². The molecule has 0 aliphatic heterocycles. The number of carbonyl (C=O) groups excluding carboxylic acids is 2. The molecule has 0 bridgehead atoms. The Morgan fingerprint density at radius 3 is 2.08 bits per heavy atom. The molecule has 39 heavy (non-hydrogen) atoms. The molecule has 3 aromatic carbocycles. The molecule has 3 atom stereocenters. The number of benzene rings is 3. The van der Waals surface area contributed by atoms with Crippen LogP contribution in [-0.4, -0.2) is 46.2 Å². The lowest BCUT2D eigenvalue weighted by Crippen LogP contribution is -2.55. The fourth-order valence-corrected chi connectivity index (χ4v) is 4.18. The van der Waals surface area contributed by atoms with Gasteiger partial charge in [-0.15, -0.1) is 0 Å². The van der Waals surface area contributed by atoms with Crippen LogP contribution >= 0.6 is 0 Å². The summed E-state index contributed by atoms with van der Waals surface area (Å²) in [7, 11) is 0. The number of nitrogens with one attached hydrogen (secondary N) is 2. The molecule has 3 aromatic rings. The first-order valence-corrected chi connectivity index (χ1v) is 13.1. The molecule has 4 N–H and O–H groups in total. The van der Waals surface area contributed by atoms with Crippen LogP contribution in [0.2, 0.25) is 0 Å². The first-order valence-electron chi connectivity index (χ1n) is 13.1. The van der Waals surface area contributed by atoms with Crippen molar-refractivity contribution in [2.24, 2.45) is 5.92 Å². The lowest BCUT2D eigenvalue weighted by molar-refractivity contribution is -0.137. The van der Waals surface area contributed by atoms with Gasteiger partial charge >= 0.3 is 5.97 Å². The van der Waals surface area contributed by atoms with Crippen LogP contribution in [0.25, 0.3) is 0 Å². The number of amides is 2. The van der Waals surface area contributed by atoms with Crippen LogP contribution in [0.1, 0.15) is 37.8 Å². The predicted molar refractivity (Wildman–Crippen MR) is 148 cm³/mol. The van der Waals surface area contributed by atoms with Gasteiger partial charge in [-0.05, 0) is 54.2 Å². The van der Waals surface area contributed by atoms with Crippen molar-refractivity contribution in [1.82, 2.24) is 10.6 Å². The molecule has 0 saturated heterocycles. The summed E-state index contributed by atoms with van der Waals surface area (Å²) in [4.78, 5) is 37.3. The normalized spacial score (nSPS) is 13.2. The second kappa shape index (κ2) is 14.7. The van der Waals surface area contributed by atoms with Gasteiger partial charge in [-0.1, -0.05) is 74.5 Å². The van der Waals surface area contributed by atoms with E-state index in [1.165, 1.54) is 0 Å². The molecule has 206 valence electrons. The van der Waals surface area contributed by atoms with E-state index in [4.69, 9.17) is 9.84 Å². The first-order chi connectivity index (χ1) is 18.7. The summed E-state index contributed by atoms with van der Waals surface area (Å²) >= 11 is 0. The minimum atomic E-state index is -1.07. The molecule has 0 heterocycles. The Balaban J connectivity index is 1.65. The largest absolute Gasteiger partial charge is 0.481 e. The number of hydrogen-bond donors (Lipinski definition) is 4. The fourth-order valence-electron chi connectivity index (χ4n) is 4.18. The fraction of sp³-hybridized carbons (Fsp3) is 0.323. The van der Waals surface area contributed by atoms with E-state index in [1.54, 1.807) is 18.2 Å². The van der Waals surface area contributed by atoms with Crippen molar-refractivity contribution in [2.75, 3.05) is 0 Å². The number of carboxylic acids is 1. The highest BCUT2D eigenvalue weighted by Crippen LogP contribution is 2.22. The number of carboxylic acid groups (broad SMARTS) is 1. The summed E-state index contributed by atoms with van der Waals surface area (Å²) in [5.41, 5.74) is 1.62. The summed E-state index contributed by atoms with van der Waals surface area (Å²) in [5, 5.41) is 25.4. The van der Waals surface area contributed by atoms with Gasteiger partial charge in [0.1, 0.15) is 17.5 Å². The van der Waals surface area contributed by atoms with E-state index in [1.807, 2.05) is 80.6 Å². The molecule has 0 spiro atoms. The molecular formula is C31H36N2O6. The smallest absolute Gasteiger partial charge is 0.303 e. The predicted octanol–water partition coefficient (Wildman–Crippen LogP) is 4.12. The van der Waals surface area contributed by atoms with Gasteiger partial charge < -0.3 is 25.6 Å². The third-order valence-corrected chi connectivity index (χ3v) is 6.25. The molecule has 0 saturated carbocycles. The standard InChI is InChI=1S/C31H36N2O6/c1-21(2)30(31(38)32-26(27(34)16-17-29(36)37)19-22-10-5-3-6-11-22)33-28(35)20-23-12-9-15-25(18-23)39-24-13-7-4-8-14-24/h3-15,18,21,26-27,30,34H,16-17,19-20H2,1-2H3,(H,32,38)(H,33,35)(H,36,37)/t26-,27-,30-/m0/s1. The Labute approximate surface area is 229 Å². The molecule has 3 rings (SSSR count). The number of aliphatic hydroxyl groups is 1. The Hall–Kier alpha value is -4.17. The average Bonchev–Trinajstić information content (AvgIpc) is 2.91. The monoisotopic (exact) mass is 532 g/mol. The quantitative estimate of drug-likeness (QED) is 0.248. The minimum absolute atomic E-state index is 0.00674. The Bertz CT molecular complexity index is 1220. The summed E-state index contributed by atoms with van der Waals surface area (Å²) in [5.74, 6) is -0.726. The highest BCUT2D eigenvalue weighted by molar-refractivity contribution is 5.88. The number of ether oxygens (including phenoxy) is 1. The first kappa shape index (κ1) is 29.4. The topological polar surface area (TPSA) is 125 Å². The van der Waals surface area contributed by atoms with Crippen LogP contribution in [0, 0.1) is 5.92 Å². The zero-order chi connectivity index (χ0) is 28.2. The van der Waals surface area contributed by atoms with E-state index in [2.05, 4.69) is 10.6 Å². The lowest BCUT2D eigenvalue weighted by Gasteiger charge is -2.28. The van der Waals surface area contributed by atoms with Crippen molar-refractivity contribution in [3.8, 4) is 11.5 Å². The Morgan fingerprint density at radius 1 is 0.821 bits per heavy atom. The maximum absolute atomic E-state index is 13.3. The average molecular weight is 533 g/mol. The number of hydrogen-bond acceptors (Lipinski definition) is 5. The summed E-state index contributed by atoms with van der Waals surface area (Å²) in [6.45, 7) is 3.65. The Kier molecular flexibility index (Phi) is 11.1. The summed E-state index contributed by atoms with van der Waals surface area (Å²) in [6, 6.07) is 24.3. The maximum atomic E-state index is 13.3. The van der Waals surface area contributed by atoms with E-state index in [9.17, 15) is 19.5 Å². The highest BCUT2D eigenvalue weighted by atomic mass is 16.5. The zero-order valence-electron chi connectivity index (χ0n) is 22.2. The molecular weight excluding hydrogens is 496 g/mol. The van der Waals surface area contributed by atoms with E-state index in [0.29, 0.717) is 17.9 Å².